The summed E-state index contributed by atoms with van der Waals surface area (Å²) in [5.41, 5.74) is 5.15. The minimum Gasteiger partial charge on any atom is -0.454 e. The van der Waals surface area contributed by atoms with Crippen molar-refractivity contribution in [3.05, 3.63) is 23.7 Å². The number of hydrogen-bond donors (Lipinski definition) is 2. The number of urea groups is 1. The molecule has 0 aromatic carbocycles. The van der Waals surface area contributed by atoms with Gasteiger partial charge in [-0.05, 0) is 50.2 Å². The van der Waals surface area contributed by atoms with Crippen molar-refractivity contribution in [1.29, 1.82) is 0 Å². The number of nitrogens with one attached hydrogen (secondary N) is 1. The summed E-state index contributed by atoms with van der Waals surface area (Å²) in [6.07, 6.45) is 5.50. The highest BCUT2D eigenvalue weighted by atomic mass is 16.4. The Morgan fingerprint density at radius 1 is 1.39 bits per heavy atom. The Kier molecular flexibility index (Phi) is 6.07. The number of nitrogens with zero attached hydrogens (tertiary/aromatic N) is 1. The first kappa shape index (κ1) is 17.4. The number of amides is 3. The van der Waals surface area contributed by atoms with Gasteiger partial charge in [0.25, 0.3) is 5.91 Å². The molecule has 1 saturated heterocycles. The van der Waals surface area contributed by atoms with Crippen molar-refractivity contribution < 1.29 is 14.0 Å². The maximum absolute atomic E-state index is 12.4. The van der Waals surface area contributed by atoms with E-state index in [1.54, 1.807) is 6.07 Å². The van der Waals surface area contributed by atoms with Crippen LogP contribution >= 0.6 is 0 Å². The fourth-order valence-corrected chi connectivity index (χ4v) is 2.96. The maximum Gasteiger partial charge on any atom is 0.318 e. The van der Waals surface area contributed by atoms with E-state index in [1.165, 1.54) is 12.5 Å². The van der Waals surface area contributed by atoms with E-state index in [2.05, 4.69) is 19.2 Å². The number of rotatable bonds is 6. The minimum absolute atomic E-state index is 0.0597. The van der Waals surface area contributed by atoms with Crippen LogP contribution in [0.1, 0.15) is 62.3 Å². The first-order valence-electron chi connectivity index (χ1n) is 8.40. The summed E-state index contributed by atoms with van der Waals surface area (Å²) in [5.74, 6) is 0.689. The van der Waals surface area contributed by atoms with Crippen LogP contribution in [-0.2, 0) is 6.54 Å². The third-order valence-electron chi connectivity index (χ3n) is 4.28. The van der Waals surface area contributed by atoms with Crippen molar-refractivity contribution in [2.45, 2.75) is 58.5 Å². The molecule has 1 aromatic heterocycles. The first-order chi connectivity index (χ1) is 11.0. The molecule has 0 radical (unpaired) electrons. The van der Waals surface area contributed by atoms with Crippen LogP contribution in [0.15, 0.2) is 16.5 Å². The normalized spacial score (nSPS) is 18.2. The zero-order valence-electron chi connectivity index (χ0n) is 14.0. The zero-order chi connectivity index (χ0) is 16.8. The summed E-state index contributed by atoms with van der Waals surface area (Å²) < 4.78 is 5.28. The lowest BCUT2D eigenvalue weighted by molar-refractivity contribution is 0.0972. The standard InChI is InChI=1S/C17H27N3O3/c1-12(2)6-7-13-5-3-4-10-20(13)17(22)19-11-14-8-9-15(23-14)16(18)21/h8-9,12-13H,3-7,10-11H2,1-2H3,(H2,18,21)(H,19,22). The van der Waals surface area contributed by atoms with Gasteiger partial charge in [-0.3, -0.25) is 4.79 Å². The average molecular weight is 321 g/mol. The number of carbonyl (C=O) groups excluding carboxylic acids is 2. The Balaban J connectivity index is 1.87. The number of hydrogen-bond acceptors (Lipinski definition) is 3. The van der Waals surface area contributed by atoms with Crippen molar-refractivity contribution in [2.75, 3.05) is 6.54 Å². The summed E-state index contributed by atoms with van der Waals surface area (Å²) in [7, 11) is 0. The van der Waals surface area contributed by atoms with Gasteiger partial charge in [0.15, 0.2) is 5.76 Å². The van der Waals surface area contributed by atoms with Crippen LogP contribution in [0.5, 0.6) is 0 Å². The molecular weight excluding hydrogens is 294 g/mol. The molecule has 1 unspecified atom stereocenters. The highest BCUT2D eigenvalue weighted by molar-refractivity contribution is 5.89. The molecule has 1 aromatic rings. The molecule has 1 aliphatic heterocycles. The van der Waals surface area contributed by atoms with Gasteiger partial charge in [0, 0.05) is 12.6 Å². The molecule has 1 atom stereocenters. The molecule has 0 bridgehead atoms. The number of furan rings is 1. The van der Waals surface area contributed by atoms with Crippen LogP contribution < -0.4 is 11.1 Å². The molecule has 1 fully saturated rings. The minimum atomic E-state index is -0.604. The molecule has 0 spiro atoms. The van der Waals surface area contributed by atoms with Crippen molar-refractivity contribution in [3.63, 3.8) is 0 Å². The maximum atomic E-state index is 12.4. The molecule has 1 aliphatic rings. The van der Waals surface area contributed by atoms with Crippen LogP contribution in [0.2, 0.25) is 0 Å². The number of carbonyl (C=O) groups is 2. The van der Waals surface area contributed by atoms with Gasteiger partial charge >= 0.3 is 6.03 Å². The second kappa shape index (κ2) is 8.04. The van der Waals surface area contributed by atoms with Crippen molar-refractivity contribution >= 4 is 11.9 Å². The van der Waals surface area contributed by atoms with Crippen molar-refractivity contribution in [2.24, 2.45) is 11.7 Å². The van der Waals surface area contributed by atoms with E-state index in [-0.39, 0.29) is 18.3 Å². The fourth-order valence-electron chi connectivity index (χ4n) is 2.96. The Hall–Kier alpha value is -1.98. The molecule has 0 saturated carbocycles. The molecule has 2 heterocycles. The van der Waals surface area contributed by atoms with E-state index < -0.39 is 5.91 Å². The SMILES string of the molecule is CC(C)CCC1CCCCN1C(=O)NCc1ccc(C(N)=O)o1. The van der Waals surface area contributed by atoms with Crippen LogP contribution in [0.4, 0.5) is 4.79 Å². The largest absolute Gasteiger partial charge is 0.454 e. The molecule has 128 valence electrons. The summed E-state index contributed by atoms with van der Waals surface area (Å²) >= 11 is 0. The summed E-state index contributed by atoms with van der Waals surface area (Å²) in [5, 5.41) is 2.88. The number of nitrogens with two attached hydrogens (primary N) is 1. The van der Waals surface area contributed by atoms with E-state index >= 15 is 0 Å². The first-order valence-corrected chi connectivity index (χ1v) is 8.40. The Morgan fingerprint density at radius 3 is 2.83 bits per heavy atom. The smallest absolute Gasteiger partial charge is 0.318 e. The molecule has 3 N–H and O–H groups in total. The van der Waals surface area contributed by atoms with Gasteiger partial charge in [0.05, 0.1) is 6.54 Å². The summed E-state index contributed by atoms with van der Waals surface area (Å²) in [6.45, 7) is 5.49. The van der Waals surface area contributed by atoms with Crippen LogP contribution in [0, 0.1) is 5.92 Å². The number of piperidine rings is 1. The highest BCUT2D eigenvalue weighted by Gasteiger charge is 2.26. The fraction of sp³-hybridized carbons (Fsp3) is 0.647. The molecule has 2 rings (SSSR count). The van der Waals surface area contributed by atoms with E-state index in [1.807, 2.05) is 4.90 Å². The van der Waals surface area contributed by atoms with Crippen LogP contribution in [-0.4, -0.2) is 29.4 Å². The summed E-state index contributed by atoms with van der Waals surface area (Å²) in [6, 6.07) is 3.45. The predicted molar refractivity (Wildman–Crippen MR) is 87.9 cm³/mol. The van der Waals surface area contributed by atoms with Crippen molar-refractivity contribution in [1.82, 2.24) is 10.2 Å². The van der Waals surface area contributed by atoms with Gasteiger partial charge in [-0.1, -0.05) is 13.8 Å². The number of likely N-dealkylation sites (tertiary alicyclic amines) is 1. The molecule has 0 aliphatic carbocycles. The van der Waals surface area contributed by atoms with Gasteiger partial charge < -0.3 is 20.4 Å². The molecule has 3 amide bonds. The lowest BCUT2D eigenvalue weighted by Gasteiger charge is -2.36. The van der Waals surface area contributed by atoms with Gasteiger partial charge in [-0.2, -0.15) is 0 Å². The van der Waals surface area contributed by atoms with Gasteiger partial charge in [0.1, 0.15) is 5.76 Å². The molecule has 23 heavy (non-hydrogen) atoms. The monoisotopic (exact) mass is 321 g/mol. The van der Waals surface area contributed by atoms with Gasteiger partial charge in [-0.15, -0.1) is 0 Å². The molecule has 6 nitrogen and oxygen atoms in total. The zero-order valence-corrected chi connectivity index (χ0v) is 14.0. The highest BCUT2D eigenvalue weighted by Crippen LogP contribution is 2.22. The molecule has 6 heteroatoms. The van der Waals surface area contributed by atoms with Crippen LogP contribution in [0.3, 0.4) is 0 Å². The average Bonchev–Trinajstić information content (AvgIpc) is 3.00. The van der Waals surface area contributed by atoms with E-state index in [0.29, 0.717) is 17.7 Å². The number of primary amides is 1. The lowest BCUT2D eigenvalue weighted by Crippen LogP contribution is -2.48. The van der Waals surface area contributed by atoms with E-state index in [9.17, 15) is 9.59 Å². The predicted octanol–water partition coefficient (Wildman–Crippen LogP) is 2.88. The quantitative estimate of drug-likeness (QED) is 0.844. The molecular formula is C17H27N3O3. The summed E-state index contributed by atoms with van der Waals surface area (Å²) in [4.78, 5) is 25.4. The van der Waals surface area contributed by atoms with Gasteiger partial charge in [-0.25, -0.2) is 4.79 Å². The van der Waals surface area contributed by atoms with E-state index in [0.717, 1.165) is 32.2 Å². The third-order valence-corrected chi connectivity index (χ3v) is 4.28. The lowest BCUT2D eigenvalue weighted by atomic mass is 9.95. The van der Waals surface area contributed by atoms with Crippen molar-refractivity contribution in [3.8, 4) is 0 Å². The second-order valence-corrected chi connectivity index (χ2v) is 6.60. The van der Waals surface area contributed by atoms with Gasteiger partial charge in [0.2, 0.25) is 0 Å². The van der Waals surface area contributed by atoms with E-state index in [4.69, 9.17) is 10.2 Å². The third kappa shape index (κ3) is 5.01. The topological polar surface area (TPSA) is 88.6 Å². The Labute approximate surface area is 137 Å². The Bertz CT molecular complexity index is 539. The second-order valence-electron chi connectivity index (χ2n) is 6.60. The Morgan fingerprint density at radius 2 is 2.17 bits per heavy atom. The van der Waals surface area contributed by atoms with Crippen LogP contribution in [0.25, 0.3) is 0 Å².